The number of carbonyl (C=O) groups is 1. The van der Waals surface area contributed by atoms with Crippen molar-refractivity contribution in [2.45, 2.75) is 46.4 Å². The Balaban J connectivity index is 1.78. The van der Waals surface area contributed by atoms with E-state index in [2.05, 4.69) is 44.3 Å². The van der Waals surface area contributed by atoms with Crippen molar-refractivity contribution in [1.29, 1.82) is 0 Å². The van der Waals surface area contributed by atoms with Gasteiger partial charge in [-0.1, -0.05) is 62.4 Å². The van der Waals surface area contributed by atoms with Crippen molar-refractivity contribution in [1.82, 2.24) is 10.2 Å². The Hall–Kier alpha value is -2.33. The summed E-state index contributed by atoms with van der Waals surface area (Å²) < 4.78 is 5.65. The third-order valence-electron chi connectivity index (χ3n) is 5.10. The summed E-state index contributed by atoms with van der Waals surface area (Å²) in [5, 5.41) is 3.42. The molecule has 1 heterocycles. The van der Waals surface area contributed by atoms with Crippen LogP contribution in [0.25, 0.3) is 0 Å². The number of hydrogen-bond acceptors (Lipinski definition) is 3. The molecule has 1 atom stereocenters. The van der Waals surface area contributed by atoms with Crippen molar-refractivity contribution in [2.75, 3.05) is 13.1 Å². The van der Waals surface area contributed by atoms with Gasteiger partial charge in [0.2, 0.25) is 0 Å². The first kappa shape index (κ1) is 19.4. The molecule has 1 amide bonds. The zero-order valence-electron chi connectivity index (χ0n) is 16.6. The quantitative estimate of drug-likeness (QED) is 0.806. The Labute approximate surface area is 162 Å². The third-order valence-corrected chi connectivity index (χ3v) is 5.10. The van der Waals surface area contributed by atoms with E-state index in [9.17, 15) is 4.79 Å². The number of carbonyl (C=O) groups excluding carboxylic acids is 1. The van der Waals surface area contributed by atoms with Crippen LogP contribution in [0.1, 0.15) is 49.1 Å². The third kappa shape index (κ3) is 4.89. The molecule has 2 aromatic rings. The van der Waals surface area contributed by atoms with Crippen LogP contribution in [0.3, 0.4) is 0 Å². The van der Waals surface area contributed by atoms with Gasteiger partial charge in [0.15, 0.2) is 0 Å². The fraction of sp³-hybridized carbons (Fsp3) is 0.435. The molecule has 0 bridgehead atoms. The number of hydrogen-bond donors (Lipinski definition) is 1. The summed E-state index contributed by atoms with van der Waals surface area (Å²) in [7, 11) is 0. The molecule has 1 aliphatic rings. The molecule has 3 rings (SSSR count). The summed E-state index contributed by atoms with van der Waals surface area (Å²) in [6, 6.07) is 16.3. The highest BCUT2D eigenvalue weighted by molar-refractivity contribution is 5.68. The molecule has 144 valence electrons. The van der Waals surface area contributed by atoms with Gasteiger partial charge in [-0.15, -0.1) is 0 Å². The maximum atomic E-state index is 12.9. The van der Waals surface area contributed by atoms with Gasteiger partial charge in [-0.2, -0.15) is 0 Å². The van der Waals surface area contributed by atoms with Crippen molar-refractivity contribution in [3.63, 3.8) is 0 Å². The molecule has 0 aliphatic carbocycles. The van der Waals surface area contributed by atoms with Crippen LogP contribution >= 0.6 is 0 Å². The Morgan fingerprint density at radius 2 is 1.89 bits per heavy atom. The molecule has 1 N–H and O–H groups in total. The Bertz CT molecular complexity index is 758. The van der Waals surface area contributed by atoms with Crippen LogP contribution in [-0.2, 0) is 24.3 Å². The highest BCUT2D eigenvalue weighted by Gasteiger charge is 2.26. The summed E-state index contributed by atoms with van der Waals surface area (Å²) in [5.74, 6) is 0.373. The molecule has 1 aliphatic heterocycles. The molecule has 2 aromatic carbocycles. The molecule has 0 saturated heterocycles. The van der Waals surface area contributed by atoms with Gasteiger partial charge in [-0.05, 0) is 48.1 Å². The van der Waals surface area contributed by atoms with Gasteiger partial charge in [-0.3, -0.25) is 0 Å². The minimum absolute atomic E-state index is 0.0104. The summed E-state index contributed by atoms with van der Waals surface area (Å²) in [5.41, 5.74) is 4.97. The summed E-state index contributed by atoms with van der Waals surface area (Å²) in [6.07, 6.45) is 0.760. The predicted octanol–water partition coefficient (Wildman–Crippen LogP) is 4.69. The van der Waals surface area contributed by atoms with E-state index in [1.807, 2.05) is 35.2 Å². The Morgan fingerprint density at radius 3 is 2.63 bits per heavy atom. The molecule has 4 heteroatoms. The second kappa shape index (κ2) is 9.05. The lowest BCUT2D eigenvalue weighted by molar-refractivity contribution is 0.0778. The second-order valence-electron chi connectivity index (χ2n) is 7.67. The average molecular weight is 367 g/mol. The molecule has 1 unspecified atom stereocenters. The van der Waals surface area contributed by atoms with Gasteiger partial charge in [0.1, 0.15) is 6.61 Å². The van der Waals surface area contributed by atoms with E-state index in [4.69, 9.17) is 4.74 Å². The second-order valence-corrected chi connectivity index (χ2v) is 7.67. The number of amides is 1. The average Bonchev–Trinajstić information content (AvgIpc) is 2.70. The van der Waals surface area contributed by atoms with Crippen molar-refractivity contribution in [3.05, 3.63) is 70.8 Å². The lowest BCUT2D eigenvalue weighted by Gasteiger charge is -2.33. The Kier molecular flexibility index (Phi) is 6.51. The highest BCUT2D eigenvalue weighted by atomic mass is 16.6. The molecular weight excluding hydrogens is 336 g/mol. The van der Waals surface area contributed by atoms with E-state index >= 15 is 0 Å². The normalized spacial score (nSPS) is 14.5. The summed E-state index contributed by atoms with van der Waals surface area (Å²) in [4.78, 5) is 14.8. The largest absolute Gasteiger partial charge is 0.445 e. The summed E-state index contributed by atoms with van der Waals surface area (Å²) in [6.45, 7) is 9.25. The van der Waals surface area contributed by atoms with Crippen molar-refractivity contribution >= 4 is 6.09 Å². The van der Waals surface area contributed by atoms with E-state index in [0.717, 1.165) is 25.1 Å². The lowest BCUT2D eigenvalue weighted by Crippen LogP contribution is -2.38. The highest BCUT2D eigenvalue weighted by Crippen LogP contribution is 2.29. The Morgan fingerprint density at radius 1 is 1.11 bits per heavy atom. The number of benzene rings is 2. The van der Waals surface area contributed by atoms with Crippen LogP contribution in [0.4, 0.5) is 4.79 Å². The number of fused-ring (bicyclic) bond motifs is 1. The maximum Gasteiger partial charge on any atom is 0.410 e. The minimum atomic E-state index is -0.244. The standard InChI is InChI=1S/C23H30N2O2/c1-17(2)15-25(23(26)27-16-19-8-5-4-6-9-19)18(3)21-11-7-10-20-14-24-13-12-22(20)21/h4-11,17-18,24H,12-16H2,1-3H3. The van der Waals surface area contributed by atoms with Crippen LogP contribution in [0.15, 0.2) is 48.5 Å². The van der Waals surface area contributed by atoms with Crippen molar-refractivity contribution < 1.29 is 9.53 Å². The van der Waals surface area contributed by atoms with E-state index < -0.39 is 0 Å². The molecular formula is C23H30N2O2. The molecule has 0 fully saturated rings. The number of nitrogens with one attached hydrogen (secondary N) is 1. The number of ether oxygens (including phenoxy) is 1. The summed E-state index contributed by atoms with van der Waals surface area (Å²) >= 11 is 0. The van der Waals surface area contributed by atoms with E-state index in [-0.39, 0.29) is 12.1 Å². The predicted molar refractivity (Wildman–Crippen MR) is 108 cm³/mol. The van der Waals surface area contributed by atoms with Crippen molar-refractivity contribution in [3.8, 4) is 0 Å². The van der Waals surface area contributed by atoms with Gasteiger partial charge in [0.25, 0.3) is 0 Å². The van der Waals surface area contributed by atoms with Gasteiger partial charge in [0.05, 0.1) is 6.04 Å². The lowest BCUT2D eigenvalue weighted by atomic mass is 9.91. The van der Waals surface area contributed by atoms with Crippen LogP contribution in [0.5, 0.6) is 0 Å². The molecule has 27 heavy (non-hydrogen) atoms. The molecule has 4 nitrogen and oxygen atoms in total. The van der Waals surface area contributed by atoms with Crippen LogP contribution in [0.2, 0.25) is 0 Å². The fourth-order valence-corrected chi connectivity index (χ4v) is 3.71. The molecule has 0 aromatic heterocycles. The molecule has 0 spiro atoms. The van der Waals surface area contributed by atoms with E-state index in [1.165, 1.54) is 16.7 Å². The van der Waals surface area contributed by atoms with E-state index in [1.54, 1.807) is 0 Å². The van der Waals surface area contributed by atoms with Gasteiger partial charge >= 0.3 is 6.09 Å². The van der Waals surface area contributed by atoms with Gasteiger partial charge < -0.3 is 15.0 Å². The van der Waals surface area contributed by atoms with Crippen LogP contribution in [0, 0.1) is 5.92 Å². The topological polar surface area (TPSA) is 41.6 Å². The maximum absolute atomic E-state index is 12.9. The number of rotatable bonds is 6. The van der Waals surface area contributed by atoms with Gasteiger partial charge in [-0.25, -0.2) is 4.79 Å². The van der Waals surface area contributed by atoms with Crippen LogP contribution < -0.4 is 5.32 Å². The smallest absolute Gasteiger partial charge is 0.410 e. The fourth-order valence-electron chi connectivity index (χ4n) is 3.71. The number of nitrogens with zero attached hydrogens (tertiary/aromatic N) is 1. The van der Waals surface area contributed by atoms with Crippen LogP contribution in [-0.4, -0.2) is 24.1 Å². The first-order valence-electron chi connectivity index (χ1n) is 9.85. The first-order chi connectivity index (χ1) is 13.1. The minimum Gasteiger partial charge on any atom is -0.445 e. The monoisotopic (exact) mass is 366 g/mol. The molecule has 0 saturated carbocycles. The first-order valence-corrected chi connectivity index (χ1v) is 9.85. The van der Waals surface area contributed by atoms with Gasteiger partial charge in [0, 0.05) is 13.1 Å². The zero-order valence-corrected chi connectivity index (χ0v) is 16.6. The molecule has 0 radical (unpaired) electrons. The van der Waals surface area contributed by atoms with E-state index in [0.29, 0.717) is 19.1 Å². The zero-order chi connectivity index (χ0) is 19.2. The SMILES string of the molecule is CC(C)CN(C(=O)OCc1ccccc1)C(C)c1cccc2c1CCNC2. The van der Waals surface area contributed by atoms with Crippen molar-refractivity contribution in [2.24, 2.45) is 5.92 Å².